The first kappa shape index (κ1) is 11.3. The number of hydrogen-bond acceptors (Lipinski definition) is 3. The van der Waals surface area contributed by atoms with Crippen molar-refractivity contribution in [3.63, 3.8) is 0 Å². The van der Waals surface area contributed by atoms with Gasteiger partial charge in [-0.05, 0) is 18.2 Å². The third-order valence-corrected chi connectivity index (χ3v) is 1.95. The lowest BCUT2D eigenvalue weighted by Crippen LogP contribution is -1.94. The zero-order chi connectivity index (χ0) is 11.3. The van der Waals surface area contributed by atoms with Crippen LogP contribution in [-0.4, -0.2) is 19.4 Å². The summed E-state index contributed by atoms with van der Waals surface area (Å²) < 4.78 is 4.35. The first-order chi connectivity index (χ1) is 7.17. The SMILES string of the molecule is COC(=O)C#Cc1ccc(C=O)c(Cl)c1. The second-order valence-corrected chi connectivity index (χ2v) is 3.00. The molecule has 1 rings (SSSR count). The molecule has 1 aromatic carbocycles. The Labute approximate surface area is 92.0 Å². The second kappa shape index (κ2) is 5.18. The number of hydrogen-bond donors (Lipinski definition) is 0. The number of esters is 1. The van der Waals surface area contributed by atoms with Crippen molar-refractivity contribution in [1.29, 1.82) is 0 Å². The monoisotopic (exact) mass is 222 g/mol. The molecule has 0 N–H and O–H groups in total. The molecule has 0 radical (unpaired) electrons. The van der Waals surface area contributed by atoms with Crippen molar-refractivity contribution >= 4 is 23.9 Å². The van der Waals surface area contributed by atoms with Gasteiger partial charge in [-0.3, -0.25) is 4.79 Å². The standard InChI is InChI=1S/C11H7ClO3/c1-15-11(14)5-3-8-2-4-9(7-13)10(12)6-8/h2,4,6-7H,1H3. The number of ether oxygens (including phenoxy) is 1. The molecule has 15 heavy (non-hydrogen) atoms. The zero-order valence-electron chi connectivity index (χ0n) is 7.91. The van der Waals surface area contributed by atoms with Gasteiger partial charge in [-0.25, -0.2) is 4.79 Å². The van der Waals surface area contributed by atoms with Crippen LogP contribution >= 0.6 is 11.6 Å². The average Bonchev–Trinajstić information content (AvgIpc) is 2.26. The molecule has 0 aliphatic rings. The highest BCUT2D eigenvalue weighted by Crippen LogP contribution is 2.15. The number of rotatable bonds is 1. The van der Waals surface area contributed by atoms with E-state index in [1.54, 1.807) is 6.07 Å². The van der Waals surface area contributed by atoms with Gasteiger partial charge < -0.3 is 4.74 Å². The van der Waals surface area contributed by atoms with Crippen molar-refractivity contribution in [3.8, 4) is 11.8 Å². The average molecular weight is 223 g/mol. The van der Waals surface area contributed by atoms with E-state index in [1.165, 1.54) is 19.2 Å². The lowest BCUT2D eigenvalue weighted by Gasteiger charge is -1.95. The van der Waals surface area contributed by atoms with E-state index in [0.29, 0.717) is 22.4 Å². The fraction of sp³-hybridized carbons (Fsp3) is 0.0909. The molecule has 0 saturated carbocycles. The predicted molar refractivity (Wildman–Crippen MR) is 55.7 cm³/mol. The molecule has 0 amide bonds. The quantitative estimate of drug-likeness (QED) is 0.413. The number of methoxy groups -OCH3 is 1. The van der Waals surface area contributed by atoms with E-state index in [9.17, 15) is 9.59 Å². The number of carbonyl (C=O) groups excluding carboxylic acids is 2. The van der Waals surface area contributed by atoms with Gasteiger partial charge in [0.05, 0.1) is 12.1 Å². The normalized spacial score (nSPS) is 8.67. The van der Waals surface area contributed by atoms with Crippen LogP contribution in [0.25, 0.3) is 0 Å². The van der Waals surface area contributed by atoms with Crippen LogP contribution < -0.4 is 0 Å². The molecule has 0 heterocycles. The summed E-state index contributed by atoms with van der Waals surface area (Å²) in [6, 6.07) is 4.66. The molecule has 1 aromatic rings. The van der Waals surface area contributed by atoms with E-state index in [4.69, 9.17) is 11.6 Å². The van der Waals surface area contributed by atoms with E-state index < -0.39 is 5.97 Å². The molecular formula is C11H7ClO3. The summed E-state index contributed by atoms with van der Waals surface area (Å²) in [5.41, 5.74) is 0.941. The Hall–Kier alpha value is -1.79. The van der Waals surface area contributed by atoms with Gasteiger partial charge in [0, 0.05) is 17.0 Å². The third-order valence-electron chi connectivity index (χ3n) is 1.62. The zero-order valence-corrected chi connectivity index (χ0v) is 8.67. The molecule has 0 spiro atoms. The van der Waals surface area contributed by atoms with Crippen LogP contribution in [0.2, 0.25) is 5.02 Å². The Morgan fingerprint density at radius 3 is 2.80 bits per heavy atom. The molecule has 0 atom stereocenters. The van der Waals surface area contributed by atoms with Crippen LogP contribution in [0.5, 0.6) is 0 Å². The molecule has 76 valence electrons. The summed E-state index contributed by atoms with van der Waals surface area (Å²) in [4.78, 5) is 21.2. The predicted octanol–water partition coefficient (Wildman–Crippen LogP) is 1.68. The molecule has 4 heteroatoms. The fourth-order valence-electron chi connectivity index (χ4n) is 0.875. The number of carbonyl (C=O) groups is 2. The molecule has 0 fully saturated rings. The number of halogens is 1. The Bertz CT molecular complexity index is 455. The topological polar surface area (TPSA) is 43.4 Å². The minimum Gasteiger partial charge on any atom is -0.459 e. The van der Waals surface area contributed by atoms with Crippen molar-refractivity contribution in [2.45, 2.75) is 0 Å². The highest BCUT2D eigenvalue weighted by molar-refractivity contribution is 6.33. The maximum Gasteiger partial charge on any atom is 0.384 e. The molecule has 0 unspecified atom stereocenters. The summed E-state index contributed by atoms with van der Waals surface area (Å²) in [5.74, 6) is 4.20. The highest BCUT2D eigenvalue weighted by atomic mass is 35.5. The van der Waals surface area contributed by atoms with E-state index in [-0.39, 0.29) is 0 Å². The number of benzene rings is 1. The maximum absolute atomic E-state index is 10.7. The lowest BCUT2D eigenvalue weighted by atomic mass is 10.1. The fourth-order valence-corrected chi connectivity index (χ4v) is 1.10. The van der Waals surface area contributed by atoms with Gasteiger partial charge in [-0.2, -0.15) is 0 Å². The van der Waals surface area contributed by atoms with Crippen molar-refractivity contribution in [3.05, 3.63) is 34.3 Å². The summed E-state index contributed by atoms with van der Waals surface area (Å²) in [7, 11) is 1.25. The Morgan fingerprint density at radius 2 is 2.27 bits per heavy atom. The van der Waals surface area contributed by atoms with E-state index in [0.717, 1.165) is 0 Å². The minimum atomic E-state index is -0.620. The van der Waals surface area contributed by atoms with Crippen molar-refractivity contribution in [2.24, 2.45) is 0 Å². The smallest absolute Gasteiger partial charge is 0.384 e. The number of aldehydes is 1. The van der Waals surface area contributed by atoms with Gasteiger partial charge in [0.2, 0.25) is 0 Å². The van der Waals surface area contributed by atoms with Gasteiger partial charge in [0.25, 0.3) is 0 Å². The first-order valence-corrected chi connectivity index (χ1v) is 4.40. The van der Waals surface area contributed by atoms with Crippen molar-refractivity contribution in [2.75, 3.05) is 7.11 Å². The Balaban J connectivity index is 2.96. The van der Waals surface area contributed by atoms with Gasteiger partial charge >= 0.3 is 5.97 Å². The van der Waals surface area contributed by atoms with Crippen molar-refractivity contribution in [1.82, 2.24) is 0 Å². The van der Waals surface area contributed by atoms with Crippen LogP contribution in [0.1, 0.15) is 15.9 Å². The molecule has 0 aromatic heterocycles. The van der Waals surface area contributed by atoms with E-state index in [2.05, 4.69) is 16.6 Å². The summed E-state index contributed by atoms with van der Waals surface area (Å²) in [6.45, 7) is 0. The molecule has 0 aliphatic heterocycles. The molecule has 0 saturated heterocycles. The third kappa shape index (κ3) is 3.12. The van der Waals surface area contributed by atoms with Gasteiger partial charge in [-0.15, -0.1) is 0 Å². The molecular weight excluding hydrogens is 216 g/mol. The minimum absolute atomic E-state index is 0.307. The Morgan fingerprint density at radius 1 is 1.53 bits per heavy atom. The largest absolute Gasteiger partial charge is 0.459 e. The van der Waals surface area contributed by atoms with Crippen LogP contribution in [0, 0.1) is 11.8 Å². The van der Waals surface area contributed by atoms with Crippen LogP contribution in [-0.2, 0) is 9.53 Å². The molecule has 0 aliphatic carbocycles. The summed E-state index contributed by atoms with van der Waals surface area (Å²) >= 11 is 5.76. The summed E-state index contributed by atoms with van der Waals surface area (Å²) in [5, 5.41) is 0.307. The molecule has 3 nitrogen and oxygen atoms in total. The van der Waals surface area contributed by atoms with Crippen LogP contribution in [0.3, 0.4) is 0 Å². The first-order valence-electron chi connectivity index (χ1n) is 4.02. The Kier molecular flexibility index (Phi) is 3.90. The van der Waals surface area contributed by atoms with E-state index >= 15 is 0 Å². The van der Waals surface area contributed by atoms with Gasteiger partial charge in [-0.1, -0.05) is 17.5 Å². The highest BCUT2D eigenvalue weighted by Gasteiger charge is 1.99. The second-order valence-electron chi connectivity index (χ2n) is 2.60. The lowest BCUT2D eigenvalue weighted by molar-refractivity contribution is -0.133. The van der Waals surface area contributed by atoms with Crippen LogP contribution in [0.4, 0.5) is 0 Å². The molecule has 0 bridgehead atoms. The summed E-state index contributed by atoms with van der Waals surface area (Å²) in [6.07, 6.45) is 0.653. The van der Waals surface area contributed by atoms with Crippen molar-refractivity contribution < 1.29 is 14.3 Å². The van der Waals surface area contributed by atoms with E-state index in [1.807, 2.05) is 0 Å². The van der Waals surface area contributed by atoms with Gasteiger partial charge in [0.15, 0.2) is 6.29 Å². The maximum atomic E-state index is 10.7. The van der Waals surface area contributed by atoms with Crippen LogP contribution in [0.15, 0.2) is 18.2 Å². The van der Waals surface area contributed by atoms with Gasteiger partial charge in [0.1, 0.15) is 0 Å².